The third kappa shape index (κ3) is 3.78. The number of anilines is 2. The minimum atomic E-state index is -3.63. The summed E-state index contributed by atoms with van der Waals surface area (Å²) in [5, 5.41) is 2.95. The lowest BCUT2D eigenvalue weighted by Gasteiger charge is -2.13. The molecule has 0 saturated carbocycles. The summed E-state index contributed by atoms with van der Waals surface area (Å²) in [6.07, 6.45) is 0. The molecule has 2 rings (SSSR count). The third-order valence-corrected chi connectivity index (χ3v) is 5.49. The highest BCUT2D eigenvalue weighted by molar-refractivity contribution is 9.11. The maximum atomic E-state index is 12.4. The standard InChI is InChI=1S/C14H14Br2N2O2S/c1-9-7-12(15)14(13(16)8-9)18-21(19,20)11-5-3-10(17-2)4-6-11/h3-8,17-18H,1-2H3. The first-order valence-corrected chi connectivity index (χ1v) is 9.16. The lowest BCUT2D eigenvalue weighted by atomic mass is 10.2. The molecule has 0 radical (unpaired) electrons. The molecular formula is C14H14Br2N2O2S. The minimum absolute atomic E-state index is 0.209. The van der Waals surface area contributed by atoms with Gasteiger partial charge in [0.1, 0.15) is 0 Å². The molecule has 0 saturated heterocycles. The van der Waals surface area contributed by atoms with Gasteiger partial charge in [-0.15, -0.1) is 0 Å². The summed E-state index contributed by atoms with van der Waals surface area (Å²) in [7, 11) is -1.85. The Hall–Kier alpha value is -1.05. The van der Waals surface area contributed by atoms with E-state index in [1.807, 2.05) is 19.1 Å². The van der Waals surface area contributed by atoms with Crippen LogP contribution in [-0.4, -0.2) is 15.5 Å². The van der Waals surface area contributed by atoms with E-state index >= 15 is 0 Å². The van der Waals surface area contributed by atoms with Gasteiger partial charge in [0.25, 0.3) is 10.0 Å². The van der Waals surface area contributed by atoms with E-state index in [1.165, 1.54) is 0 Å². The zero-order valence-electron chi connectivity index (χ0n) is 11.4. The van der Waals surface area contributed by atoms with Crippen molar-refractivity contribution >= 4 is 53.3 Å². The summed E-state index contributed by atoms with van der Waals surface area (Å²) in [4.78, 5) is 0.209. The van der Waals surface area contributed by atoms with E-state index in [-0.39, 0.29) is 4.90 Å². The van der Waals surface area contributed by atoms with E-state index in [1.54, 1.807) is 31.3 Å². The van der Waals surface area contributed by atoms with Crippen molar-refractivity contribution in [3.05, 3.63) is 50.9 Å². The number of nitrogens with one attached hydrogen (secondary N) is 2. The lowest BCUT2D eigenvalue weighted by Crippen LogP contribution is -2.13. The minimum Gasteiger partial charge on any atom is -0.388 e. The van der Waals surface area contributed by atoms with Crippen molar-refractivity contribution in [1.29, 1.82) is 0 Å². The average molecular weight is 434 g/mol. The molecule has 0 fully saturated rings. The largest absolute Gasteiger partial charge is 0.388 e. The van der Waals surface area contributed by atoms with Gasteiger partial charge in [0.15, 0.2) is 0 Å². The molecule has 0 aliphatic heterocycles. The first-order chi connectivity index (χ1) is 9.83. The van der Waals surface area contributed by atoms with Crippen LogP contribution < -0.4 is 10.0 Å². The van der Waals surface area contributed by atoms with Gasteiger partial charge in [-0.3, -0.25) is 4.72 Å². The van der Waals surface area contributed by atoms with Gasteiger partial charge in [0.2, 0.25) is 0 Å². The molecule has 2 aromatic carbocycles. The predicted octanol–water partition coefficient (Wildman–Crippen LogP) is 4.36. The van der Waals surface area contributed by atoms with Crippen LogP contribution in [0, 0.1) is 6.92 Å². The first kappa shape index (κ1) is 16.3. The number of sulfonamides is 1. The molecule has 0 spiro atoms. The van der Waals surface area contributed by atoms with Crippen LogP contribution in [0.5, 0.6) is 0 Å². The molecule has 112 valence electrons. The maximum Gasteiger partial charge on any atom is 0.261 e. The predicted molar refractivity (Wildman–Crippen MR) is 93.4 cm³/mol. The topological polar surface area (TPSA) is 58.2 Å². The van der Waals surface area contributed by atoms with Crippen molar-refractivity contribution in [3.8, 4) is 0 Å². The molecule has 0 aromatic heterocycles. The quantitative estimate of drug-likeness (QED) is 0.752. The molecule has 0 unspecified atom stereocenters. The molecule has 2 aromatic rings. The highest BCUT2D eigenvalue weighted by Gasteiger charge is 2.17. The normalized spacial score (nSPS) is 11.2. The van der Waals surface area contributed by atoms with Crippen LogP contribution in [0.3, 0.4) is 0 Å². The summed E-state index contributed by atoms with van der Waals surface area (Å²) >= 11 is 6.76. The van der Waals surface area contributed by atoms with Crippen LogP contribution in [0.2, 0.25) is 0 Å². The number of benzene rings is 2. The second-order valence-electron chi connectivity index (χ2n) is 4.48. The molecule has 0 bridgehead atoms. The van der Waals surface area contributed by atoms with Crippen molar-refractivity contribution in [2.75, 3.05) is 17.1 Å². The number of rotatable bonds is 4. The van der Waals surface area contributed by atoms with Gasteiger partial charge >= 0.3 is 0 Å². The third-order valence-electron chi connectivity index (χ3n) is 2.88. The van der Waals surface area contributed by atoms with Gasteiger partial charge in [-0.05, 0) is 80.7 Å². The van der Waals surface area contributed by atoms with E-state index in [0.717, 1.165) is 11.3 Å². The fraction of sp³-hybridized carbons (Fsp3) is 0.143. The van der Waals surface area contributed by atoms with Gasteiger partial charge in [0.05, 0.1) is 10.6 Å². The van der Waals surface area contributed by atoms with Crippen molar-refractivity contribution < 1.29 is 8.42 Å². The van der Waals surface area contributed by atoms with Crippen molar-refractivity contribution in [1.82, 2.24) is 0 Å². The van der Waals surface area contributed by atoms with Crippen LogP contribution in [0.25, 0.3) is 0 Å². The maximum absolute atomic E-state index is 12.4. The molecule has 21 heavy (non-hydrogen) atoms. The van der Waals surface area contributed by atoms with Crippen molar-refractivity contribution in [2.24, 2.45) is 0 Å². The van der Waals surface area contributed by atoms with E-state index in [2.05, 4.69) is 41.9 Å². The Morgan fingerprint density at radius 2 is 1.52 bits per heavy atom. The zero-order chi connectivity index (χ0) is 15.6. The van der Waals surface area contributed by atoms with Crippen LogP contribution >= 0.6 is 31.9 Å². The van der Waals surface area contributed by atoms with Crippen LogP contribution in [-0.2, 0) is 10.0 Å². The number of hydrogen-bond donors (Lipinski definition) is 2. The van der Waals surface area contributed by atoms with E-state index in [0.29, 0.717) is 14.6 Å². The SMILES string of the molecule is CNc1ccc(S(=O)(=O)Nc2c(Br)cc(C)cc2Br)cc1. The first-order valence-electron chi connectivity index (χ1n) is 6.10. The summed E-state index contributed by atoms with van der Waals surface area (Å²) in [5.41, 5.74) is 2.36. The molecule has 0 heterocycles. The van der Waals surface area contributed by atoms with Crippen LogP contribution in [0.4, 0.5) is 11.4 Å². The van der Waals surface area contributed by atoms with Crippen molar-refractivity contribution in [3.63, 3.8) is 0 Å². The Balaban J connectivity index is 2.37. The second-order valence-corrected chi connectivity index (χ2v) is 7.87. The molecule has 2 N–H and O–H groups in total. The van der Waals surface area contributed by atoms with Gasteiger partial charge in [0, 0.05) is 21.7 Å². The summed E-state index contributed by atoms with van der Waals surface area (Å²) in [6, 6.07) is 10.3. The summed E-state index contributed by atoms with van der Waals surface area (Å²) < 4.78 is 28.8. The van der Waals surface area contributed by atoms with Gasteiger partial charge in [-0.1, -0.05) is 0 Å². The monoisotopic (exact) mass is 432 g/mol. The summed E-state index contributed by atoms with van der Waals surface area (Å²) in [5.74, 6) is 0. The molecule has 4 nitrogen and oxygen atoms in total. The Labute approximate surface area is 141 Å². The van der Waals surface area contributed by atoms with Crippen molar-refractivity contribution in [2.45, 2.75) is 11.8 Å². The molecular weight excluding hydrogens is 420 g/mol. The van der Waals surface area contributed by atoms with Gasteiger partial charge in [-0.2, -0.15) is 0 Å². The zero-order valence-corrected chi connectivity index (χ0v) is 15.4. The fourth-order valence-corrected chi connectivity index (χ4v) is 4.77. The van der Waals surface area contributed by atoms with E-state index < -0.39 is 10.0 Å². The van der Waals surface area contributed by atoms with Crippen LogP contribution in [0.15, 0.2) is 50.2 Å². The molecule has 0 aliphatic rings. The van der Waals surface area contributed by atoms with Gasteiger partial charge in [-0.25, -0.2) is 8.42 Å². The van der Waals surface area contributed by atoms with E-state index in [9.17, 15) is 8.42 Å². The Kier molecular flexibility index (Phi) is 4.95. The van der Waals surface area contributed by atoms with Crippen LogP contribution in [0.1, 0.15) is 5.56 Å². The Morgan fingerprint density at radius 3 is 2.00 bits per heavy atom. The highest BCUT2D eigenvalue weighted by atomic mass is 79.9. The number of hydrogen-bond acceptors (Lipinski definition) is 3. The van der Waals surface area contributed by atoms with Gasteiger partial charge < -0.3 is 5.32 Å². The lowest BCUT2D eigenvalue weighted by molar-refractivity contribution is 0.601. The number of aryl methyl sites for hydroxylation is 1. The summed E-state index contributed by atoms with van der Waals surface area (Å²) in [6.45, 7) is 1.93. The average Bonchev–Trinajstić information content (AvgIpc) is 2.43. The molecule has 0 atom stereocenters. The second kappa shape index (κ2) is 6.37. The van der Waals surface area contributed by atoms with E-state index in [4.69, 9.17) is 0 Å². The fourth-order valence-electron chi connectivity index (χ4n) is 1.79. The Bertz CT molecular complexity index is 736. The smallest absolute Gasteiger partial charge is 0.261 e. The number of halogens is 2. The molecule has 0 aliphatic carbocycles. The highest BCUT2D eigenvalue weighted by Crippen LogP contribution is 2.34. The molecule has 0 amide bonds. The Morgan fingerprint density at radius 1 is 1.00 bits per heavy atom. The molecule has 7 heteroatoms.